The lowest BCUT2D eigenvalue weighted by Gasteiger charge is -2.42. The number of esters is 1. The maximum Gasteiger partial charge on any atom is 0.353 e. The second kappa shape index (κ2) is 5.56. The first-order valence-corrected chi connectivity index (χ1v) is 9.08. The number of hydrogen-bond acceptors (Lipinski definition) is 5. The number of hydrogen-bond donors (Lipinski definition) is 1. The molecule has 0 bridgehead atoms. The molecule has 124 valence electrons. The van der Waals surface area contributed by atoms with E-state index in [2.05, 4.69) is 4.74 Å². The van der Waals surface area contributed by atoms with E-state index in [9.17, 15) is 13.2 Å². The molecular weight excluding hydrogens is 316 g/mol. The molecule has 2 N–H and O–H groups in total. The van der Waals surface area contributed by atoms with Crippen LogP contribution in [0.15, 0.2) is 40.9 Å². The molecule has 0 saturated heterocycles. The Labute approximate surface area is 136 Å². The first-order valence-electron chi connectivity index (χ1n) is 7.64. The van der Waals surface area contributed by atoms with Crippen LogP contribution >= 0.6 is 0 Å². The normalized spacial score (nSPS) is 22.4. The lowest BCUT2D eigenvalue weighted by molar-refractivity contribution is -0.135. The predicted octanol–water partition coefficient (Wildman–Crippen LogP) is 1.88. The fourth-order valence-electron chi connectivity index (χ4n) is 3.65. The fourth-order valence-corrected chi connectivity index (χ4v) is 5.73. The minimum Gasteiger partial charge on any atom is -0.465 e. The van der Waals surface area contributed by atoms with Crippen LogP contribution in [-0.2, 0) is 19.6 Å². The fraction of sp³-hybridized carbons (Fsp3) is 0.438. The predicted molar refractivity (Wildman–Crippen MR) is 86.9 cm³/mol. The monoisotopic (exact) mass is 336 g/mol. The van der Waals surface area contributed by atoms with E-state index in [0.29, 0.717) is 18.5 Å². The average Bonchev–Trinajstić information content (AvgIpc) is 2.71. The molecule has 1 aromatic rings. The number of anilines is 1. The molecule has 1 spiro atoms. The van der Waals surface area contributed by atoms with Crippen molar-refractivity contribution in [2.75, 3.05) is 11.4 Å². The lowest BCUT2D eigenvalue weighted by Crippen LogP contribution is -2.51. The van der Waals surface area contributed by atoms with Crippen molar-refractivity contribution < 1.29 is 17.9 Å². The Morgan fingerprint density at radius 1 is 1.17 bits per heavy atom. The van der Waals surface area contributed by atoms with Crippen LogP contribution in [0.25, 0.3) is 0 Å². The third-order valence-electron chi connectivity index (χ3n) is 4.68. The average molecular weight is 336 g/mol. The van der Waals surface area contributed by atoms with Gasteiger partial charge in [0.1, 0.15) is 0 Å². The summed E-state index contributed by atoms with van der Waals surface area (Å²) in [7, 11) is -2.87. The second-order valence-corrected chi connectivity index (χ2v) is 7.66. The van der Waals surface area contributed by atoms with Crippen molar-refractivity contribution in [3.05, 3.63) is 40.9 Å². The highest BCUT2D eigenvalue weighted by molar-refractivity contribution is 7.98. The second-order valence-electron chi connectivity index (χ2n) is 5.93. The molecule has 0 unspecified atom stereocenters. The van der Waals surface area contributed by atoms with Gasteiger partial charge >= 0.3 is 5.97 Å². The van der Waals surface area contributed by atoms with E-state index in [0.717, 1.165) is 26.4 Å². The first-order chi connectivity index (χ1) is 10.9. The SMILES string of the molecule is COC(=O)C1=C(N)C2(CCCCC2)N(c2ccccc2)S1(=O)=O. The molecule has 1 aliphatic carbocycles. The molecule has 1 aromatic carbocycles. The van der Waals surface area contributed by atoms with E-state index >= 15 is 0 Å². The Kier molecular flexibility index (Phi) is 3.83. The van der Waals surface area contributed by atoms with Gasteiger partial charge in [0.2, 0.25) is 0 Å². The Morgan fingerprint density at radius 2 is 1.78 bits per heavy atom. The standard InChI is InChI=1S/C16H20N2O4S/c1-22-15(19)13-14(17)16(10-6-3-7-11-16)18(23(13,20)21)12-8-4-2-5-9-12/h2,4-5,8-9H,3,6-7,10-11,17H2,1H3. The Hall–Kier alpha value is -2.02. The van der Waals surface area contributed by atoms with Crippen LogP contribution in [0.3, 0.4) is 0 Å². The van der Waals surface area contributed by atoms with E-state index < -0.39 is 26.4 Å². The zero-order valence-electron chi connectivity index (χ0n) is 13.0. The summed E-state index contributed by atoms with van der Waals surface area (Å²) in [4.78, 5) is 11.7. The number of methoxy groups -OCH3 is 1. The molecule has 23 heavy (non-hydrogen) atoms. The summed E-state index contributed by atoms with van der Waals surface area (Å²) in [6, 6.07) is 8.81. The van der Waals surface area contributed by atoms with E-state index in [1.165, 1.54) is 4.31 Å². The number of ether oxygens (including phenoxy) is 1. The third kappa shape index (κ3) is 2.22. The largest absolute Gasteiger partial charge is 0.465 e. The van der Waals surface area contributed by atoms with Gasteiger partial charge in [0.15, 0.2) is 4.91 Å². The Morgan fingerprint density at radius 3 is 2.35 bits per heavy atom. The van der Waals surface area contributed by atoms with Gasteiger partial charge in [0, 0.05) is 0 Å². The molecule has 0 aromatic heterocycles. The third-order valence-corrected chi connectivity index (χ3v) is 6.62. The highest BCUT2D eigenvalue weighted by Gasteiger charge is 2.57. The van der Waals surface area contributed by atoms with Gasteiger partial charge in [0.05, 0.1) is 24.0 Å². The molecule has 2 aliphatic rings. The molecule has 0 radical (unpaired) electrons. The lowest BCUT2D eigenvalue weighted by atomic mass is 9.79. The van der Waals surface area contributed by atoms with Crippen molar-refractivity contribution in [1.82, 2.24) is 0 Å². The van der Waals surface area contributed by atoms with Crippen LogP contribution in [0.4, 0.5) is 5.69 Å². The topological polar surface area (TPSA) is 89.7 Å². The number of carbonyl (C=O) groups excluding carboxylic acids is 1. The van der Waals surface area contributed by atoms with Crippen molar-refractivity contribution in [2.45, 2.75) is 37.6 Å². The first kappa shape index (κ1) is 15.9. The van der Waals surface area contributed by atoms with Crippen molar-refractivity contribution in [2.24, 2.45) is 5.73 Å². The van der Waals surface area contributed by atoms with E-state index in [1.807, 2.05) is 6.07 Å². The zero-order valence-corrected chi connectivity index (χ0v) is 13.8. The van der Waals surface area contributed by atoms with Crippen LogP contribution in [0.1, 0.15) is 32.1 Å². The van der Waals surface area contributed by atoms with E-state index in [-0.39, 0.29) is 5.70 Å². The molecule has 1 heterocycles. The number of rotatable bonds is 2. The van der Waals surface area contributed by atoms with Crippen LogP contribution in [0.5, 0.6) is 0 Å². The van der Waals surface area contributed by atoms with E-state index in [1.54, 1.807) is 24.3 Å². The number of nitrogens with zero attached hydrogens (tertiary/aromatic N) is 1. The van der Waals surface area contributed by atoms with Gasteiger partial charge in [-0.05, 0) is 25.0 Å². The van der Waals surface area contributed by atoms with Gasteiger partial charge in [0.25, 0.3) is 10.0 Å². The minimum atomic E-state index is -4.04. The highest BCUT2D eigenvalue weighted by atomic mass is 32.2. The van der Waals surface area contributed by atoms with Crippen molar-refractivity contribution >= 4 is 21.7 Å². The summed E-state index contributed by atoms with van der Waals surface area (Å²) in [6.07, 6.45) is 3.98. The van der Waals surface area contributed by atoms with Crippen LogP contribution in [0, 0.1) is 0 Å². The van der Waals surface area contributed by atoms with Crippen molar-refractivity contribution in [3.63, 3.8) is 0 Å². The summed E-state index contributed by atoms with van der Waals surface area (Å²) in [6.45, 7) is 0. The maximum absolute atomic E-state index is 13.1. The number of nitrogens with two attached hydrogens (primary N) is 1. The van der Waals surface area contributed by atoms with Gasteiger partial charge in [-0.2, -0.15) is 0 Å². The summed E-state index contributed by atoms with van der Waals surface area (Å²) in [5.41, 5.74) is 6.01. The molecule has 3 rings (SSSR count). The summed E-state index contributed by atoms with van der Waals surface area (Å²) < 4.78 is 32.1. The summed E-state index contributed by atoms with van der Waals surface area (Å²) >= 11 is 0. The molecule has 1 fully saturated rings. The van der Waals surface area contributed by atoms with Gasteiger partial charge in [-0.25, -0.2) is 13.2 Å². The molecule has 1 aliphatic heterocycles. The number of carbonyl (C=O) groups is 1. The van der Waals surface area contributed by atoms with Gasteiger partial charge < -0.3 is 10.5 Å². The molecule has 6 nitrogen and oxygen atoms in total. The van der Waals surface area contributed by atoms with Crippen molar-refractivity contribution in [3.8, 4) is 0 Å². The molecule has 7 heteroatoms. The molecule has 1 saturated carbocycles. The van der Waals surface area contributed by atoms with Crippen LogP contribution in [-0.4, -0.2) is 27.0 Å². The summed E-state index contributed by atoms with van der Waals surface area (Å²) in [5, 5.41) is 0. The van der Waals surface area contributed by atoms with Gasteiger partial charge in [-0.1, -0.05) is 37.5 Å². The minimum absolute atomic E-state index is 0.118. The number of benzene rings is 1. The quantitative estimate of drug-likeness (QED) is 0.833. The smallest absolute Gasteiger partial charge is 0.353 e. The number of sulfonamides is 1. The van der Waals surface area contributed by atoms with Crippen LogP contribution < -0.4 is 10.0 Å². The maximum atomic E-state index is 13.1. The molecule has 0 amide bonds. The van der Waals surface area contributed by atoms with Crippen molar-refractivity contribution in [1.29, 1.82) is 0 Å². The van der Waals surface area contributed by atoms with Gasteiger partial charge in [-0.3, -0.25) is 4.31 Å². The molecular formula is C16H20N2O4S. The highest BCUT2D eigenvalue weighted by Crippen LogP contribution is 2.49. The Bertz CT molecular complexity index is 750. The summed E-state index contributed by atoms with van der Waals surface area (Å²) in [5.74, 6) is -0.897. The Balaban J connectivity index is 2.24. The zero-order chi connectivity index (χ0) is 16.7. The molecule has 0 atom stereocenters. The van der Waals surface area contributed by atoms with E-state index in [4.69, 9.17) is 5.73 Å². The van der Waals surface area contributed by atoms with Gasteiger partial charge in [-0.15, -0.1) is 0 Å². The van der Waals surface area contributed by atoms with Crippen LogP contribution in [0.2, 0.25) is 0 Å². The number of para-hydroxylation sites is 1.